The van der Waals surface area contributed by atoms with Gasteiger partial charge in [-0.15, -0.1) is 0 Å². The third kappa shape index (κ3) is 8.56. The minimum absolute atomic E-state index is 0.0224. The van der Waals surface area contributed by atoms with Gasteiger partial charge in [0.25, 0.3) is 0 Å². The Morgan fingerprint density at radius 2 is 1.67 bits per heavy atom. The number of ether oxygens (including phenoxy) is 2. The zero-order valence-corrected chi connectivity index (χ0v) is 21.4. The van der Waals surface area contributed by atoms with Crippen LogP contribution < -0.4 is 4.74 Å². The van der Waals surface area contributed by atoms with E-state index in [9.17, 15) is 26.9 Å². The normalized spacial score (nSPS) is 13.6. The molecular formula is C22H29F4N2O7P. The van der Waals surface area contributed by atoms with Crippen LogP contribution in [-0.2, 0) is 36.0 Å². The Morgan fingerprint density at radius 1 is 1.08 bits per heavy atom. The van der Waals surface area contributed by atoms with Gasteiger partial charge < -0.3 is 23.0 Å². The van der Waals surface area contributed by atoms with Crippen molar-refractivity contribution in [3.8, 4) is 5.75 Å². The van der Waals surface area contributed by atoms with Gasteiger partial charge in [-0.1, -0.05) is 17.3 Å². The maximum Gasteiger partial charge on any atom is 0.461 e. The van der Waals surface area contributed by atoms with Crippen LogP contribution in [0.25, 0.3) is 0 Å². The van der Waals surface area contributed by atoms with E-state index in [1.54, 1.807) is 34.6 Å². The average Bonchev–Trinajstić information content (AvgIpc) is 3.19. The predicted octanol–water partition coefficient (Wildman–Crippen LogP) is 5.42. The van der Waals surface area contributed by atoms with E-state index >= 15 is 0 Å². The molecule has 1 atom stereocenters. The topological polar surface area (TPSA) is 110 Å². The maximum atomic E-state index is 13.4. The van der Waals surface area contributed by atoms with Crippen molar-refractivity contribution in [2.45, 2.75) is 71.3 Å². The molecule has 0 N–H and O–H groups in total. The molecular weight excluding hydrogens is 511 g/mol. The minimum atomic E-state index is -4.61. The van der Waals surface area contributed by atoms with Crippen molar-refractivity contribution in [3.05, 3.63) is 41.5 Å². The van der Waals surface area contributed by atoms with E-state index in [1.807, 2.05) is 0 Å². The number of carbonyl (C=O) groups excluding carboxylic acids is 1. The molecule has 0 bridgehead atoms. The lowest BCUT2D eigenvalue weighted by Crippen LogP contribution is -2.34. The summed E-state index contributed by atoms with van der Waals surface area (Å²) >= 11 is 0. The maximum absolute atomic E-state index is 13.4. The lowest BCUT2D eigenvalue weighted by atomic mass is 10.1. The highest BCUT2D eigenvalue weighted by atomic mass is 31.2. The summed E-state index contributed by atoms with van der Waals surface area (Å²) in [5.41, 5.74) is -1.70. The van der Waals surface area contributed by atoms with Gasteiger partial charge in [-0.25, -0.2) is 0 Å². The van der Waals surface area contributed by atoms with Crippen molar-refractivity contribution < 1.29 is 50.0 Å². The van der Waals surface area contributed by atoms with Gasteiger partial charge in [0.2, 0.25) is 5.89 Å². The summed E-state index contributed by atoms with van der Waals surface area (Å²) in [5.74, 6) is -1.12. The molecule has 1 unspecified atom stereocenters. The number of hydrogen-bond acceptors (Lipinski definition) is 9. The molecule has 0 radical (unpaired) electrons. The van der Waals surface area contributed by atoms with Gasteiger partial charge in [0.15, 0.2) is 11.5 Å². The first-order chi connectivity index (χ1) is 16.7. The molecule has 202 valence electrons. The number of halogens is 4. The Balaban J connectivity index is 2.18. The predicted molar refractivity (Wildman–Crippen MR) is 119 cm³/mol. The number of esters is 1. The Kier molecular flexibility index (Phi) is 10.0. The average molecular weight is 540 g/mol. The smallest absolute Gasteiger partial charge is 0.459 e. The number of rotatable bonds is 13. The van der Waals surface area contributed by atoms with Crippen molar-refractivity contribution in [1.82, 2.24) is 10.1 Å². The molecule has 36 heavy (non-hydrogen) atoms. The Labute approximate surface area is 206 Å². The van der Waals surface area contributed by atoms with E-state index in [2.05, 4.69) is 14.9 Å². The zero-order valence-electron chi connectivity index (χ0n) is 20.5. The van der Waals surface area contributed by atoms with Gasteiger partial charge in [0.1, 0.15) is 11.4 Å². The van der Waals surface area contributed by atoms with Crippen LogP contribution in [0.1, 0.15) is 51.9 Å². The summed E-state index contributed by atoms with van der Waals surface area (Å²) in [6.45, 7) is 8.22. The SMILES string of the molecule is CCOP(=O)(OCC)C(Cc1nc(Cc2ccc(OC(F)(F)C(F)F)cc2)no1)C(=O)OC(C)(C)C. The van der Waals surface area contributed by atoms with Crippen LogP contribution in [0.5, 0.6) is 5.75 Å². The highest BCUT2D eigenvalue weighted by Gasteiger charge is 2.45. The standard InChI is InChI=1S/C22H29F4N2O7P/c1-6-31-36(30,32-7-2)16(19(29)34-21(3,4)5)13-18-27-17(28-35-18)12-14-8-10-15(11-9-14)33-22(25,26)20(23)24/h8-11,16,20H,6-7,12-13H2,1-5H3. The molecule has 0 amide bonds. The minimum Gasteiger partial charge on any atom is -0.459 e. The molecule has 0 aliphatic carbocycles. The largest absolute Gasteiger partial charge is 0.461 e. The van der Waals surface area contributed by atoms with Gasteiger partial charge >= 0.3 is 26.1 Å². The highest BCUT2D eigenvalue weighted by Crippen LogP contribution is 2.54. The molecule has 2 aromatic rings. The lowest BCUT2D eigenvalue weighted by molar-refractivity contribution is -0.253. The van der Waals surface area contributed by atoms with Crippen molar-refractivity contribution in [3.63, 3.8) is 0 Å². The van der Waals surface area contributed by atoms with Crippen LogP contribution in [0.2, 0.25) is 0 Å². The molecule has 0 spiro atoms. The zero-order chi connectivity index (χ0) is 27.1. The number of aromatic nitrogens is 2. The third-order valence-corrected chi connectivity index (χ3v) is 6.74. The summed E-state index contributed by atoms with van der Waals surface area (Å²) in [6, 6.07) is 4.95. The first kappa shape index (κ1) is 29.7. The first-order valence-corrected chi connectivity index (χ1v) is 12.7. The summed E-state index contributed by atoms with van der Waals surface area (Å²) in [5, 5.41) is 3.82. The molecule has 1 aromatic carbocycles. The van der Waals surface area contributed by atoms with Crippen LogP contribution in [0.15, 0.2) is 28.8 Å². The van der Waals surface area contributed by atoms with Crippen molar-refractivity contribution in [2.24, 2.45) is 0 Å². The number of benzene rings is 1. The van der Waals surface area contributed by atoms with Crippen LogP contribution in [0.4, 0.5) is 17.6 Å². The second-order valence-corrected chi connectivity index (χ2v) is 10.7. The summed E-state index contributed by atoms with van der Waals surface area (Å²) in [7, 11) is -3.96. The molecule has 2 rings (SSSR count). The van der Waals surface area contributed by atoms with Crippen molar-refractivity contribution >= 4 is 13.6 Å². The van der Waals surface area contributed by atoms with Crippen LogP contribution in [-0.4, -0.2) is 53.1 Å². The quantitative estimate of drug-likeness (QED) is 0.187. The number of carbonyl (C=O) groups is 1. The number of alkyl halides is 4. The molecule has 0 aliphatic heterocycles. The molecule has 0 fully saturated rings. The Hall–Kier alpha value is -2.50. The Morgan fingerprint density at radius 3 is 2.17 bits per heavy atom. The van der Waals surface area contributed by atoms with E-state index < -0.39 is 43.1 Å². The van der Waals surface area contributed by atoms with Gasteiger partial charge in [0, 0.05) is 6.42 Å². The number of nitrogens with zero attached hydrogens (tertiary/aromatic N) is 2. The fourth-order valence-electron chi connectivity index (χ4n) is 2.94. The lowest BCUT2D eigenvalue weighted by Gasteiger charge is -2.27. The molecule has 14 heteroatoms. The fraction of sp³-hybridized carbons (Fsp3) is 0.591. The van der Waals surface area contributed by atoms with E-state index in [0.717, 1.165) is 12.1 Å². The summed E-state index contributed by atoms with van der Waals surface area (Å²) < 4.78 is 89.3. The van der Waals surface area contributed by atoms with Crippen LogP contribution in [0.3, 0.4) is 0 Å². The van der Waals surface area contributed by atoms with Crippen molar-refractivity contribution in [1.29, 1.82) is 0 Å². The van der Waals surface area contributed by atoms with E-state index in [4.69, 9.17) is 18.3 Å². The van der Waals surface area contributed by atoms with Crippen LogP contribution >= 0.6 is 7.60 Å². The number of hydrogen-bond donors (Lipinski definition) is 0. The van der Waals surface area contributed by atoms with Gasteiger partial charge in [0.05, 0.1) is 19.6 Å². The van der Waals surface area contributed by atoms with Gasteiger partial charge in [-0.3, -0.25) is 9.36 Å². The Bertz CT molecular complexity index is 1030. The molecule has 9 nitrogen and oxygen atoms in total. The molecule has 1 heterocycles. The van der Waals surface area contributed by atoms with E-state index in [-0.39, 0.29) is 37.8 Å². The summed E-state index contributed by atoms with van der Waals surface area (Å²) in [4.78, 5) is 17.1. The van der Waals surface area contributed by atoms with Gasteiger partial charge in [-0.2, -0.15) is 22.5 Å². The fourth-order valence-corrected chi connectivity index (χ4v) is 4.79. The van der Waals surface area contributed by atoms with Gasteiger partial charge in [-0.05, 0) is 52.3 Å². The third-order valence-electron chi connectivity index (χ3n) is 4.35. The summed E-state index contributed by atoms with van der Waals surface area (Å²) in [6.07, 6.45) is -8.78. The van der Waals surface area contributed by atoms with E-state index in [1.165, 1.54) is 12.1 Å². The van der Waals surface area contributed by atoms with Crippen molar-refractivity contribution in [2.75, 3.05) is 13.2 Å². The second kappa shape index (κ2) is 12.2. The van der Waals surface area contributed by atoms with E-state index in [0.29, 0.717) is 5.56 Å². The molecule has 0 saturated heterocycles. The highest BCUT2D eigenvalue weighted by molar-refractivity contribution is 7.55. The first-order valence-electron chi connectivity index (χ1n) is 11.1. The molecule has 1 aromatic heterocycles. The molecule has 0 aliphatic rings. The second-order valence-electron chi connectivity index (χ2n) is 8.52. The molecule has 0 saturated carbocycles. The monoisotopic (exact) mass is 540 g/mol. The van der Waals surface area contributed by atoms with Crippen LogP contribution in [0, 0.1) is 0 Å².